The molecule has 0 radical (unpaired) electrons. The van der Waals surface area contributed by atoms with Crippen molar-refractivity contribution in [2.24, 2.45) is 0 Å². The van der Waals surface area contributed by atoms with Gasteiger partial charge in [0.15, 0.2) is 0 Å². The fourth-order valence-electron chi connectivity index (χ4n) is 1.99. The predicted molar refractivity (Wildman–Crippen MR) is 56.4 cm³/mol. The van der Waals surface area contributed by atoms with E-state index >= 15 is 0 Å². The molecule has 2 atom stereocenters. The summed E-state index contributed by atoms with van der Waals surface area (Å²) in [5.74, 6) is -0.128. The van der Waals surface area contributed by atoms with Gasteiger partial charge < -0.3 is 10.4 Å². The fourth-order valence-corrected chi connectivity index (χ4v) is 1.99. The number of aromatic nitrogens is 3. The maximum Gasteiger partial charge on any atom is 0.242 e. The van der Waals surface area contributed by atoms with Gasteiger partial charge in [0.2, 0.25) is 5.91 Å². The number of hydrogen-bond acceptors (Lipinski definition) is 4. The lowest BCUT2D eigenvalue weighted by Crippen LogP contribution is -2.46. The number of carbonyl (C=O) groups is 1. The van der Waals surface area contributed by atoms with E-state index in [9.17, 15) is 9.90 Å². The second-order valence-electron chi connectivity index (χ2n) is 4.12. The third kappa shape index (κ3) is 2.79. The van der Waals surface area contributed by atoms with Gasteiger partial charge in [-0.1, -0.05) is 12.8 Å². The molecule has 1 aliphatic rings. The number of carbonyl (C=O) groups excluding carboxylic acids is 1. The summed E-state index contributed by atoms with van der Waals surface area (Å²) < 4.78 is 1.46. The summed E-state index contributed by atoms with van der Waals surface area (Å²) >= 11 is 0. The minimum Gasteiger partial charge on any atom is -0.391 e. The van der Waals surface area contributed by atoms with E-state index in [-0.39, 0.29) is 18.5 Å². The van der Waals surface area contributed by atoms with Gasteiger partial charge in [-0.25, -0.2) is 9.67 Å². The van der Waals surface area contributed by atoms with Gasteiger partial charge in [0.1, 0.15) is 19.2 Å². The molecule has 0 saturated heterocycles. The van der Waals surface area contributed by atoms with Crippen LogP contribution in [0.1, 0.15) is 25.7 Å². The number of hydrogen-bond donors (Lipinski definition) is 2. The van der Waals surface area contributed by atoms with Gasteiger partial charge in [0, 0.05) is 0 Å². The number of amides is 1. The van der Waals surface area contributed by atoms with Gasteiger partial charge in [-0.05, 0) is 12.8 Å². The van der Waals surface area contributed by atoms with Crippen molar-refractivity contribution in [1.82, 2.24) is 20.1 Å². The molecule has 1 fully saturated rings. The molecule has 16 heavy (non-hydrogen) atoms. The summed E-state index contributed by atoms with van der Waals surface area (Å²) in [5, 5.41) is 16.4. The Morgan fingerprint density at radius 2 is 2.31 bits per heavy atom. The van der Waals surface area contributed by atoms with E-state index < -0.39 is 6.10 Å². The van der Waals surface area contributed by atoms with Crippen molar-refractivity contribution >= 4 is 5.91 Å². The second-order valence-corrected chi connectivity index (χ2v) is 4.12. The first-order valence-electron chi connectivity index (χ1n) is 5.55. The van der Waals surface area contributed by atoms with E-state index in [1.165, 1.54) is 17.3 Å². The smallest absolute Gasteiger partial charge is 0.242 e. The third-order valence-corrected chi connectivity index (χ3v) is 2.85. The molecule has 0 unspecified atom stereocenters. The topological polar surface area (TPSA) is 80.0 Å². The van der Waals surface area contributed by atoms with E-state index in [1.807, 2.05) is 0 Å². The largest absolute Gasteiger partial charge is 0.391 e. The molecule has 88 valence electrons. The molecule has 1 amide bonds. The van der Waals surface area contributed by atoms with E-state index in [0.717, 1.165) is 25.7 Å². The molecule has 0 bridgehead atoms. The van der Waals surface area contributed by atoms with E-state index in [0.29, 0.717) is 0 Å². The monoisotopic (exact) mass is 224 g/mol. The molecule has 0 spiro atoms. The molecule has 1 aliphatic carbocycles. The molecule has 1 aromatic heterocycles. The predicted octanol–water partition coefficient (Wildman–Crippen LogP) is -0.302. The Morgan fingerprint density at radius 3 is 3.00 bits per heavy atom. The van der Waals surface area contributed by atoms with E-state index in [2.05, 4.69) is 15.4 Å². The van der Waals surface area contributed by atoms with Gasteiger partial charge in [0.05, 0.1) is 12.1 Å². The highest BCUT2D eigenvalue weighted by Gasteiger charge is 2.24. The van der Waals surface area contributed by atoms with E-state index in [1.54, 1.807) is 0 Å². The summed E-state index contributed by atoms with van der Waals surface area (Å²) in [7, 11) is 0. The van der Waals surface area contributed by atoms with Crippen molar-refractivity contribution in [2.45, 2.75) is 44.4 Å². The van der Waals surface area contributed by atoms with Gasteiger partial charge in [-0.2, -0.15) is 5.10 Å². The molecule has 0 aliphatic heterocycles. The van der Waals surface area contributed by atoms with Crippen molar-refractivity contribution in [3.63, 3.8) is 0 Å². The Balaban J connectivity index is 1.82. The standard InChI is InChI=1S/C10H16N4O2/c15-9-4-2-1-3-8(9)13-10(16)5-14-7-11-6-12-14/h6-9,15H,1-5H2,(H,13,16)/t8-,9-/m1/s1. The van der Waals surface area contributed by atoms with Crippen LogP contribution >= 0.6 is 0 Å². The maximum absolute atomic E-state index is 11.6. The average Bonchev–Trinajstić information content (AvgIpc) is 2.74. The van der Waals surface area contributed by atoms with Crippen LogP contribution < -0.4 is 5.32 Å². The molecule has 1 heterocycles. The highest BCUT2D eigenvalue weighted by molar-refractivity contribution is 5.76. The summed E-state index contributed by atoms with van der Waals surface area (Å²) in [4.78, 5) is 15.4. The van der Waals surface area contributed by atoms with Crippen molar-refractivity contribution in [3.8, 4) is 0 Å². The molecule has 6 nitrogen and oxygen atoms in total. The highest BCUT2D eigenvalue weighted by Crippen LogP contribution is 2.18. The van der Waals surface area contributed by atoms with Crippen LogP contribution in [0, 0.1) is 0 Å². The van der Waals surface area contributed by atoms with Crippen LogP contribution in [-0.4, -0.2) is 37.9 Å². The number of nitrogens with one attached hydrogen (secondary N) is 1. The van der Waals surface area contributed by atoms with Crippen LogP contribution in [-0.2, 0) is 11.3 Å². The van der Waals surface area contributed by atoms with Crippen LogP contribution in [0.15, 0.2) is 12.7 Å². The number of aliphatic hydroxyl groups is 1. The van der Waals surface area contributed by atoms with Crippen molar-refractivity contribution < 1.29 is 9.90 Å². The van der Waals surface area contributed by atoms with Crippen LogP contribution in [0.4, 0.5) is 0 Å². The molecular formula is C10H16N4O2. The van der Waals surface area contributed by atoms with Crippen molar-refractivity contribution in [3.05, 3.63) is 12.7 Å². The van der Waals surface area contributed by atoms with E-state index in [4.69, 9.17) is 0 Å². The highest BCUT2D eigenvalue weighted by atomic mass is 16.3. The number of rotatable bonds is 3. The van der Waals surface area contributed by atoms with Crippen molar-refractivity contribution in [2.75, 3.05) is 0 Å². The van der Waals surface area contributed by atoms with Gasteiger partial charge in [0.25, 0.3) is 0 Å². The molecule has 1 aromatic rings. The van der Waals surface area contributed by atoms with Crippen molar-refractivity contribution in [1.29, 1.82) is 0 Å². The molecule has 6 heteroatoms. The lowest BCUT2D eigenvalue weighted by molar-refractivity contribution is -0.123. The molecule has 0 aromatic carbocycles. The lowest BCUT2D eigenvalue weighted by Gasteiger charge is -2.28. The zero-order chi connectivity index (χ0) is 11.4. The summed E-state index contributed by atoms with van der Waals surface area (Å²) in [6, 6.07) is -0.107. The Hall–Kier alpha value is -1.43. The second kappa shape index (κ2) is 5.07. The Kier molecular flexibility index (Phi) is 3.51. The van der Waals surface area contributed by atoms with Gasteiger partial charge in [-0.3, -0.25) is 4.79 Å². The first kappa shape index (κ1) is 11.1. The Labute approximate surface area is 93.7 Å². The third-order valence-electron chi connectivity index (χ3n) is 2.85. The van der Waals surface area contributed by atoms with Crippen LogP contribution in [0.2, 0.25) is 0 Å². The van der Waals surface area contributed by atoms with Gasteiger partial charge >= 0.3 is 0 Å². The summed E-state index contributed by atoms with van der Waals surface area (Å²) in [6.07, 6.45) is 6.20. The summed E-state index contributed by atoms with van der Waals surface area (Å²) in [5.41, 5.74) is 0. The van der Waals surface area contributed by atoms with Crippen LogP contribution in [0.5, 0.6) is 0 Å². The normalized spacial score (nSPS) is 25.3. The Bertz CT molecular complexity index is 339. The number of aliphatic hydroxyl groups excluding tert-OH is 1. The Morgan fingerprint density at radius 1 is 1.50 bits per heavy atom. The zero-order valence-corrected chi connectivity index (χ0v) is 9.04. The van der Waals surface area contributed by atoms with Gasteiger partial charge in [-0.15, -0.1) is 0 Å². The first-order chi connectivity index (χ1) is 7.75. The molecule has 2 rings (SSSR count). The minimum atomic E-state index is -0.409. The molecular weight excluding hydrogens is 208 g/mol. The molecule has 1 saturated carbocycles. The zero-order valence-electron chi connectivity index (χ0n) is 9.04. The minimum absolute atomic E-state index is 0.107. The van der Waals surface area contributed by atoms with Crippen LogP contribution in [0.25, 0.3) is 0 Å². The molecule has 2 N–H and O–H groups in total. The first-order valence-corrected chi connectivity index (χ1v) is 5.55. The average molecular weight is 224 g/mol. The number of nitrogens with zero attached hydrogens (tertiary/aromatic N) is 3. The quantitative estimate of drug-likeness (QED) is 0.738. The fraction of sp³-hybridized carbons (Fsp3) is 0.700. The maximum atomic E-state index is 11.6. The lowest BCUT2D eigenvalue weighted by atomic mass is 9.92. The SMILES string of the molecule is O=C(Cn1cncn1)N[C@@H]1CCCC[C@H]1O. The summed E-state index contributed by atoms with van der Waals surface area (Å²) in [6.45, 7) is 0.156. The van der Waals surface area contributed by atoms with Crippen LogP contribution in [0.3, 0.4) is 0 Å².